The number of amides is 2. The van der Waals surface area contributed by atoms with Crippen LogP contribution in [0.3, 0.4) is 0 Å². The molecule has 0 unspecified atom stereocenters. The van der Waals surface area contributed by atoms with Crippen LogP contribution in [0.15, 0.2) is 35.7 Å². The number of hydrogen-bond acceptors (Lipinski definition) is 8. The zero-order valence-corrected chi connectivity index (χ0v) is 18.6. The first-order chi connectivity index (χ1) is 15.5. The largest absolute Gasteiger partial charge is 0.485 e. The van der Waals surface area contributed by atoms with E-state index in [1.807, 2.05) is 23.1 Å². The molecule has 1 aromatic carbocycles. The standard InChI is InChI=1S/C22H25N3O6S/c1-2-29-22(28)15-7-12-32-20(15)23-19(26)13-24-8-10-25(11-9-24)21(27)18-14-30-16-5-3-4-6-17(16)31-18/h3-7,12,18H,2,8-11,13-14H2,1H3,(H,23,26)/t18-/m1/s1. The molecule has 2 amide bonds. The SMILES string of the molecule is CCOC(=O)c1ccsc1NC(=O)CN1CCN(C(=O)[C@H]2COc3ccccc3O2)CC1. The predicted molar refractivity (Wildman–Crippen MR) is 118 cm³/mol. The first-order valence-corrected chi connectivity index (χ1v) is 11.4. The van der Waals surface area contributed by atoms with Gasteiger partial charge in [-0.2, -0.15) is 0 Å². The van der Waals surface area contributed by atoms with Gasteiger partial charge in [-0.25, -0.2) is 4.79 Å². The van der Waals surface area contributed by atoms with E-state index in [2.05, 4.69) is 5.32 Å². The number of carbonyl (C=O) groups excluding carboxylic acids is 3. The van der Waals surface area contributed by atoms with Gasteiger partial charge in [-0.3, -0.25) is 14.5 Å². The zero-order chi connectivity index (χ0) is 22.5. The summed E-state index contributed by atoms with van der Waals surface area (Å²) in [7, 11) is 0. The Kier molecular flexibility index (Phi) is 6.91. The van der Waals surface area contributed by atoms with Gasteiger partial charge in [0.2, 0.25) is 12.0 Å². The molecule has 0 aliphatic carbocycles. The van der Waals surface area contributed by atoms with Crippen molar-refractivity contribution in [3.63, 3.8) is 0 Å². The van der Waals surface area contributed by atoms with Gasteiger partial charge < -0.3 is 24.4 Å². The van der Waals surface area contributed by atoms with E-state index in [0.29, 0.717) is 48.2 Å². The number of ether oxygens (including phenoxy) is 3. The molecule has 0 radical (unpaired) electrons. The highest BCUT2D eigenvalue weighted by atomic mass is 32.1. The molecule has 1 atom stereocenters. The monoisotopic (exact) mass is 459 g/mol. The van der Waals surface area contributed by atoms with Gasteiger partial charge in [0.25, 0.3) is 5.91 Å². The summed E-state index contributed by atoms with van der Waals surface area (Å²) in [5, 5.41) is 5.01. The first-order valence-electron chi connectivity index (χ1n) is 10.5. The summed E-state index contributed by atoms with van der Waals surface area (Å²) >= 11 is 1.28. The van der Waals surface area contributed by atoms with E-state index in [1.165, 1.54) is 11.3 Å². The number of para-hydroxylation sites is 2. The minimum atomic E-state index is -0.667. The minimum Gasteiger partial charge on any atom is -0.485 e. The summed E-state index contributed by atoms with van der Waals surface area (Å²) in [6, 6.07) is 8.93. The smallest absolute Gasteiger partial charge is 0.341 e. The molecule has 0 spiro atoms. The Hall–Kier alpha value is -3.11. The third-order valence-corrected chi connectivity index (χ3v) is 6.08. The third kappa shape index (κ3) is 5.03. The summed E-state index contributed by atoms with van der Waals surface area (Å²) < 4.78 is 16.5. The molecule has 9 nitrogen and oxygen atoms in total. The van der Waals surface area contributed by atoms with Crippen molar-refractivity contribution in [3.05, 3.63) is 41.3 Å². The predicted octanol–water partition coefficient (Wildman–Crippen LogP) is 1.85. The van der Waals surface area contributed by atoms with Gasteiger partial charge in [-0.1, -0.05) is 12.1 Å². The van der Waals surface area contributed by atoms with Crippen LogP contribution in [0.4, 0.5) is 5.00 Å². The maximum Gasteiger partial charge on any atom is 0.341 e. The summed E-state index contributed by atoms with van der Waals surface area (Å²) in [5.41, 5.74) is 0.358. The second kappa shape index (κ2) is 10.0. The molecule has 1 aromatic heterocycles. The van der Waals surface area contributed by atoms with E-state index in [4.69, 9.17) is 14.2 Å². The van der Waals surface area contributed by atoms with E-state index >= 15 is 0 Å². The van der Waals surface area contributed by atoms with Gasteiger partial charge >= 0.3 is 5.97 Å². The number of esters is 1. The number of rotatable bonds is 6. The van der Waals surface area contributed by atoms with Gasteiger partial charge in [0.1, 0.15) is 11.6 Å². The van der Waals surface area contributed by atoms with Crippen LogP contribution in [-0.4, -0.2) is 79.6 Å². The molecule has 1 fully saturated rings. The molecule has 1 N–H and O–H groups in total. The third-order valence-electron chi connectivity index (χ3n) is 5.25. The summed E-state index contributed by atoms with van der Waals surface area (Å²) in [4.78, 5) is 41.0. The molecule has 32 heavy (non-hydrogen) atoms. The van der Waals surface area contributed by atoms with Crippen molar-refractivity contribution in [2.75, 3.05) is 51.3 Å². The van der Waals surface area contributed by atoms with E-state index in [-0.39, 0.29) is 31.6 Å². The molecule has 4 rings (SSSR count). The molecule has 10 heteroatoms. The molecular formula is C22H25N3O6S. The van der Waals surface area contributed by atoms with Crippen LogP contribution >= 0.6 is 11.3 Å². The number of carbonyl (C=O) groups is 3. The van der Waals surface area contributed by atoms with Gasteiger partial charge in [-0.05, 0) is 30.5 Å². The second-order valence-corrected chi connectivity index (χ2v) is 8.31. The summed E-state index contributed by atoms with van der Waals surface area (Å²) in [6.07, 6.45) is -0.667. The number of benzene rings is 1. The van der Waals surface area contributed by atoms with Gasteiger partial charge in [0.15, 0.2) is 11.5 Å². The fraction of sp³-hybridized carbons (Fsp3) is 0.409. The van der Waals surface area contributed by atoms with Crippen LogP contribution in [0.1, 0.15) is 17.3 Å². The highest BCUT2D eigenvalue weighted by molar-refractivity contribution is 7.14. The van der Waals surface area contributed by atoms with Gasteiger partial charge in [0.05, 0.1) is 18.7 Å². The van der Waals surface area contributed by atoms with Crippen molar-refractivity contribution in [1.82, 2.24) is 9.80 Å². The molecular weight excluding hydrogens is 434 g/mol. The number of anilines is 1. The topological polar surface area (TPSA) is 97.4 Å². The zero-order valence-electron chi connectivity index (χ0n) is 17.7. The van der Waals surface area contributed by atoms with Crippen LogP contribution in [0.5, 0.6) is 11.5 Å². The number of thiophene rings is 1. The van der Waals surface area contributed by atoms with Crippen LogP contribution in [0.25, 0.3) is 0 Å². The lowest BCUT2D eigenvalue weighted by Gasteiger charge is -2.36. The van der Waals surface area contributed by atoms with Crippen LogP contribution in [-0.2, 0) is 14.3 Å². The van der Waals surface area contributed by atoms with E-state index in [9.17, 15) is 14.4 Å². The lowest BCUT2D eigenvalue weighted by Crippen LogP contribution is -2.54. The van der Waals surface area contributed by atoms with Crippen molar-refractivity contribution in [3.8, 4) is 11.5 Å². The number of nitrogens with one attached hydrogen (secondary N) is 1. The number of piperazine rings is 1. The highest BCUT2D eigenvalue weighted by Crippen LogP contribution is 2.31. The minimum absolute atomic E-state index is 0.110. The molecule has 0 saturated carbocycles. The summed E-state index contributed by atoms with van der Waals surface area (Å²) in [6.45, 7) is 4.51. The van der Waals surface area contributed by atoms with E-state index < -0.39 is 12.1 Å². The Morgan fingerprint density at radius 3 is 2.62 bits per heavy atom. The van der Waals surface area contributed by atoms with Crippen LogP contribution in [0.2, 0.25) is 0 Å². The van der Waals surface area contributed by atoms with E-state index in [1.54, 1.807) is 29.3 Å². The Bertz CT molecular complexity index is 986. The number of nitrogens with zero attached hydrogens (tertiary/aromatic N) is 2. The molecule has 3 heterocycles. The molecule has 1 saturated heterocycles. The van der Waals surface area contributed by atoms with Gasteiger partial charge in [-0.15, -0.1) is 11.3 Å². The maximum atomic E-state index is 12.8. The quantitative estimate of drug-likeness (QED) is 0.659. The molecule has 2 aromatic rings. The fourth-order valence-corrected chi connectivity index (χ4v) is 4.41. The maximum absolute atomic E-state index is 12.8. The second-order valence-electron chi connectivity index (χ2n) is 7.40. The average Bonchev–Trinajstić information content (AvgIpc) is 3.27. The van der Waals surface area contributed by atoms with Gasteiger partial charge in [0, 0.05) is 26.2 Å². The van der Waals surface area contributed by atoms with Crippen LogP contribution < -0.4 is 14.8 Å². The first kappa shape index (κ1) is 22.1. The number of fused-ring (bicyclic) bond motifs is 1. The van der Waals surface area contributed by atoms with Crippen molar-refractivity contribution in [2.45, 2.75) is 13.0 Å². The lowest BCUT2D eigenvalue weighted by atomic mass is 10.2. The van der Waals surface area contributed by atoms with Crippen LogP contribution in [0, 0.1) is 0 Å². The van der Waals surface area contributed by atoms with Crippen molar-refractivity contribution in [1.29, 1.82) is 0 Å². The Balaban J connectivity index is 1.25. The Morgan fingerprint density at radius 1 is 1.12 bits per heavy atom. The fourth-order valence-electron chi connectivity index (χ4n) is 3.62. The molecule has 2 aliphatic rings. The Morgan fingerprint density at radius 2 is 1.88 bits per heavy atom. The Labute approximate surface area is 189 Å². The highest BCUT2D eigenvalue weighted by Gasteiger charge is 2.33. The van der Waals surface area contributed by atoms with Crippen molar-refractivity contribution >= 4 is 34.1 Å². The van der Waals surface area contributed by atoms with E-state index in [0.717, 1.165) is 0 Å². The normalized spacial score (nSPS) is 18.2. The van der Waals surface area contributed by atoms with Crippen molar-refractivity contribution < 1.29 is 28.6 Å². The average molecular weight is 460 g/mol. The number of hydrogen-bond donors (Lipinski definition) is 1. The molecule has 0 bridgehead atoms. The molecule has 2 aliphatic heterocycles. The van der Waals surface area contributed by atoms with Crippen molar-refractivity contribution in [2.24, 2.45) is 0 Å². The molecule has 170 valence electrons. The lowest BCUT2D eigenvalue weighted by molar-refractivity contribution is -0.143. The summed E-state index contributed by atoms with van der Waals surface area (Å²) in [5.74, 6) is 0.444.